The monoisotopic (exact) mass is 354 g/mol. The highest BCUT2D eigenvalue weighted by molar-refractivity contribution is 6.30. The third-order valence-electron chi connectivity index (χ3n) is 4.17. The smallest absolute Gasteiger partial charge is 0.380 e. The van der Waals surface area contributed by atoms with Crippen molar-refractivity contribution in [3.8, 4) is 0 Å². The Morgan fingerprint density at radius 3 is 2.58 bits per heavy atom. The maximum Gasteiger partial charge on any atom is 0.418 e. The highest BCUT2D eigenvalue weighted by Gasteiger charge is 2.34. The standard InChI is InChI=1S/C18H18ClF3N2/c19-14-6-7-17(16(10-14)18(20,21)22)23-15-8-9-24(12-15)11-13-4-2-1-3-5-13/h1-7,10,15,23H,8-9,11-12H2. The summed E-state index contributed by atoms with van der Waals surface area (Å²) in [7, 11) is 0. The van der Waals surface area contributed by atoms with Crippen LogP contribution in [0.5, 0.6) is 0 Å². The van der Waals surface area contributed by atoms with Gasteiger partial charge >= 0.3 is 6.18 Å². The molecule has 3 rings (SSSR count). The Hall–Kier alpha value is -1.72. The van der Waals surface area contributed by atoms with Crippen LogP contribution in [0.4, 0.5) is 18.9 Å². The highest BCUT2D eigenvalue weighted by atomic mass is 35.5. The van der Waals surface area contributed by atoms with Crippen molar-refractivity contribution in [3.05, 3.63) is 64.7 Å². The molecule has 24 heavy (non-hydrogen) atoms. The van der Waals surface area contributed by atoms with Gasteiger partial charge in [0.25, 0.3) is 0 Å². The van der Waals surface area contributed by atoms with Crippen molar-refractivity contribution in [2.75, 3.05) is 18.4 Å². The third kappa shape index (κ3) is 4.22. The lowest BCUT2D eigenvalue weighted by Crippen LogP contribution is -2.27. The second-order valence-electron chi connectivity index (χ2n) is 6.04. The normalized spacial score (nSPS) is 18.8. The first kappa shape index (κ1) is 17.1. The van der Waals surface area contributed by atoms with Crippen LogP contribution in [0.1, 0.15) is 17.5 Å². The first-order valence-electron chi connectivity index (χ1n) is 7.81. The predicted molar refractivity (Wildman–Crippen MR) is 90.2 cm³/mol. The van der Waals surface area contributed by atoms with Crippen LogP contribution in [0.15, 0.2) is 48.5 Å². The van der Waals surface area contributed by atoms with E-state index in [2.05, 4.69) is 22.3 Å². The summed E-state index contributed by atoms with van der Waals surface area (Å²) in [6.07, 6.45) is -3.61. The molecule has 1 fully saturated rings. The van der Waals surface area contributed by atoms with Crippen molar-refractivity contribution in [3.63, 3.8) is 0 Å². The van der Waals surface area contributed by atoms with Crippen LogP contribution in [0, 0.1) is 0 Å². The second kappa shape index (κ2) is 7.03. The van der Waals surface area contributed by atoms with Crippen LogP contribution in [-0.4, -0.2) is 24.0 Å². The molecule has 0 saturated carbocycles. The maximum atomic E-state index is 13.2. The largest absolute Gasteiger partial charge is 0.418 e. The van der Waals surface area contributed by atoms with Gasteiger partial charge in [0.05, 0.1) is 5.56 Å². The molecule has 0 spiro atoms. The molecule has 2 nitrogen and oxygen atoms in total. The minimum atomic E-state index is -4.42. The molecule has 1 atom stereocenters. The summed E-state index contributed by atoms with van der Waals surface area (Å²) in [5, 5.41) is 3.13. The fourth-order valence-corrected chi connectivity index (χ4v) is 3.20. The molecule has 128 valence electrons. The van der Waals surface area contributed by atoms with Crippen LogP contribution in [0.3, 0.4) is 0 Å². The van der Waals surface area contributed by atoms with Crippen molar-refractivity contribution >= 4 is 17.3 Å². The molecule has 0 bridgehead atoms. The summed E-state index contributed by atoms with van der Waals surface area (Å²) >= 11 is 5.72. The van der Waals surface area contributed by atoms with E-state index in [1.807, 2.05) is 18.2 Å². The average molecular weight is 355 g/mol. The molecule has 6 heteroatoms. The van der Waals surface area contributed by atoms with Gasteiger partial charge in [0, 0.05) is 36.4 Å². The number of anilines is 1. The molecule has 1 heterocycles. The molecule has 1 N–H and O–H groups in total. The Labute approximate surface area is 144 Å². The molecule has 1 aliphatic rings. The molecular weight excluding hydrogens is 337 g/mol. The summed E-state index contributed by atoms with van der Waals surface area (Å²) in [6, 6.07) is 13.9. The lowest BCUT2D eigenvalue weighted by Gasteiger charge is -2.20. The summed E-state index contributed by atoms with van der Waals surface area (Å²) in [6.45, 7) is 2.39. The molecule has 0 aromatic heterocycles. The third-order valence-corrected chi connectivity index (χ3v) is 4.40. The summed E-state index contributed by atoms with van der Waals surface area (Å²) in [5.74, 6) is 0. The fourth-order valence-electron chi connectivity index (χ4n) is 3.03. The van der Waals surface area contributed by atoms with E-state index in [4.69, 9.17) is 11.6 Å². The Morgan fingerprint density at radius 2 is 1.88 bits per heavy atom. The Balaban J connectivity index is 1.66. The summed E-state index contributed by atoms with van der Waals surface area (Å²) < 4.78 is 39.5. The topological polar surface area (TPSA) is 15.3 Å². The zero-order valence-electron chi connectivity index (χ0n) is 13.0. The number of alkyl halides is 3. The Morgan fingerprint density at radius 1 is 1.12 bits per heavy atom. The summed E-state index contributed by atoms with van der Waals surface area (Å²) in [5.41, 5.74) is 0.593. The number of nitrogens with one attached hydrogen (secondary N) is 1. The molecular formula is C18H18ClF3N2. The van der Waals surface area contributed by atoms with Gasteiger partial charge < -0.3 is 5.32 Å². The number of benzene rings is 2. The number of hydrogen-bond donors (Lipinski definition) is 1. The fraction of sp³-hybridized carbons (Fsp3) is 0.333. The predicted octanol–water partition coefficient (Wildman–Crippen LogP) is 5.05. The van der Waals surface area contributed by atoms with Crippen LogP contribution in [-0.2, 0) is 12.7 Å². The number of likely N-dealkylation sites (tertiary alicyclic amines) is 1. The lowest BCUT2D eigenvalue weighted by molar-refractivity contribution is -0.137. The summed E-state index contributed by atoms with van der Waals surface area (Å²) in [4.78, 5) is 2.25. The lowest BCUT2D eigenvalue weighted by atomic mass is 10.1. The van der Waals surface area contributed by atoms with Gasteiger partial charge in [-0.15, -0.1) is 0 Å². The molecule has 0 aliphatic carbocycles. The van der Waals surface area contributed by atoms with E-state index in [1.54, 1.807) is 0 Å². The molecule has 1 unspecified atom stereocenters. The van der Waals surface area contributed by atoms with E-state index < -0.39 is 11.7 Å². The van der Waals surface area contributed by atoms with E-state index in [1.165, 1.54) is 17.7 Å². The maximum absolute atomic E-state index is 13.2. The Kier molecular flexibility index (Phi) is 5.01. The molecule has 2 aromatic carbocycles. The van der Waals surface area contributed by atoms with Crippen LogP contribution < -0.4 is 5.32 Å². The number of halogens is 4. The van der Waals surface area contributed by atoms with E-state index in [0.717, 1.165) is 32.1 Å². The van der Waals surface area contributed by atoms with E-state index in [0.29, 0.717) is 0 Å². The van der Waals surface area contributed by atoms with Crippen molar-refractivity contribution in [1.29, 1.82) is 0 Å². The molecule has 2 aromatic rings. The van der Waals surface area contributed by atoms with Gasteiger partial charge in [-0.3, -0.25) is 4.90 Å². The highest BCUT2D eigenvalue weighted by Crippen LogP contribution is 2.37. The van der Waals surface area contributed by atoms with E-state index >= 15 is 0 Å². The van der Waals surface area contributed by atoms with E-state index in [9.17, 15) is 13.2 Å². The first-order valence-corrected chi connectivity index (χ1v) is 8.19. The minimum Gasteiger partial charge on any atom is -0.380 e. The van der Waals surface area contributed by atoms with Gasteiger partial charge in [-0.25, -0.2) is 0 Å². The first-order chi connectivity index (χ1) is 11.4. The molecule has 0 radical (unpaired) electrons. The van der Waals surface area contributed by atoms with Crippen LogP contribution >= 0.6 is 11.6 Å². The van der Waals surface area contributed by atoms with Gasteiger partial charge in [-0.05, 0) is 30.2 Å². The minimum absolute atomic E-state index is 0.00372. The quantitative estimate of drug-likeness (QED) is 0.827. The van der Waals surface area contributed by atoms with Crippen molar-refractivity contribution in [2.24, 2.45) is 0 Å². The van der Waals surface area contributed by atoms with Gasteiger partial charge in [0.15, 0.2) is 0 Å². The molecule has 0 amide bonds. The zero-order valence-corrected chi connectivity index (χ0v) is 13.7. The zero-order chi connectivity index (χ0) is 17.2. The number of hydrogen-bond acceptors (Lipinski definition) is 2. The number of rotatable bonds is 4. The Bertz CT molecular complexity index is 688. The second-order valence-corrected chi connectivity index (χ2v) is 6.47. The van der Waals surface area contributed by atoms with Gasteiger partial charge in [0.2, 0.25) is 0 Å². The van der Waals surface area contributed by atoms with Gasteiger partial charge in [-0.2, -0.15) is 13.2 Å². The van der Waals surface area contributed by atoms with Gasteiger partial charge in [0.1, 0.15) is 0 Å². The SMILES string of the molecule is FC(F)(F)c1cc(Cl)ccc1NC1CCN(Cc2ccccc2)C1. The molecule has 1 saturated heterocycles. The van der Waals surface area contributed by atoms with Crippen molar-refractivity contribution < 1.29 is 13.2 Å². The molecule has 1 aliphatic heterocycles. The van der Waals surface area contributed by atoms with Crippen LogP contribution in [0.25, 0.3) is 0 Å². The van der Waals surface area contributed by atoms with E-state index in [-0.39, 0.29) is 16.8 Å². The van der Waals surface area contributed by atoms with Crippen molar-refractivity contribution in [1.82, 2.24) is 4.90 Å². The van der Waals surface area contributed by atoms with Crippen LogP contribution in [0.2, 0.25) is 5.02 Å². The average Bonchev–Trinajstić information content (AvgIpc) is 2.96. The van der Waals surface area contributed by atoms with Crippen molar-refractivity contribution in [2.45, 2.75) is 25.2 Å². The number of nitrogens with zero attached hydrogens (tertiary/aromatic N) is 1. The van der Waals surface area contributed by atoms with Gasteiger partial charge in [-0.1, -0.05) is 41.9 Å².